The lowest BCUT2D eigenvalue weighted by molar-refractivity contribution is 0.252. The molecule has 0 bridgehead atoms. The zero-order chi connectivity index (χ0) is 16.7. The average Bonchev–Trinajstić information content (AvgIpc) is 3.17. The van der Waals surface area contributed by atoms with Crippen molar-refractivity contribution in [3.8, 4) is 0 Å². The first kappa shape index (κ1) is 15.0. The molecule has 1 aromatic carbocycles. The number of aromatic nitrogens is 2. The summed E-state index contributed by atoms with van der Waals surface area (Å²) < 4.78 is 16.3. The van der Waals surface area contributed by atoms with Crippen molar-refractivity contribution in [2.45, 2.75) is 25.1 Å². The Kier molecular flexibility index (Phi) is 3.63. The molecule has 2 aromatic rings. The maximum Gasteiger partial charge on any atom is 0.321 e. The van der Waals surface area contributed by atoms with Gasteiger partial charge in [-0.05, 0) is 31.0 Å². The summed E-state index contributed by atoms with van der Waals surface area (Å²) in [4.78, 5) is 13.5. The number of hydrogen-bond donors (Lipinski definition) is 2. The van der Waals surface area contributed by atoms with E-state index in [0.29, 0.717) is 25.9 Å². The topological polar surface area (TPSA) is 62.2 Å². The van der Waals surface area contributed by atoms with Crippen LogP contribution in [0.25, 0.3) is 0 Å². The number of rotatable bonds is 3. The van der Waals surface area contributed by atoms with Crippen LogP contribution in [0.5, 0.6) is 0 Å². The van der Waals surface area contributed by atoms with E-state index >= 15 is 0 Å². The molecule has 4 rings (SSSR count). The zero-order valence-electron chi connectivity index (χ0n) is 13.5. The molecule has 2 heterocycles. The van der Waals surface area contributed by atoms with E-state index in [9.17, 15) is 9.18 Å². The van der Waals surface area contributed by atoms with Gasteiger partial charge in [0.2, 0.25) is 0 Å². The van der Waals surface area contributed by atoms with Crippen LogP contribution in [-0.2, 0) is 13.5 Å². The highest BCUT2D eigenvalue weighted by atomic mass is 19.1. The maximum absolute atomic E-state index is 14.5. The number of fused-ring (bicyclic) bond motifs is 1. The third-order valence-electron chi connectivity index (χ3n) is 4.78. The molecule has 1 aliphatic heterocycles. The number of urea groups is 1. The zero-order valence-corrected chi connectivity index (χ0v) is 13.5. The highest BCUT2D eigenvalue weighted by Crippen LogP contribution is 2.35. The van der Waals surface area contributed by atoms with Crippen LogP contribution >= 0.6 is 0 Å². The Bertz CT molecular complexity index is 774. The lowest BCUT2D eigenvalue weighted by Crippen LogP contribution is -2.29. The van der Waals surface area contributed by atoms with E-state index in [2.05, 4.69) is 15.7 Å². The van der Waals surface area contributed by atoms with Gasteiger partial charge in [0.1, 0.15) is 6.17 Å². The van der Waals surface area contributed by atoms with Gasteiger partial charge in [0.05, 0.1) is 12.2 Å². The molecule has 126 valence electrons. The van der Waals surface area contributed by atoms with Gasteiger partial charge in [0.15, 0.2) is 0 Å². The number of hydrogen-bond acceptors (Lipinski definition) is 3. The Labute approximate surface area is 139 Å². The van der Waals surface area contributed by atoms with Crippen LogP contribution in [0, 0.1) is 0 Å². The number of alkyl halides is 1. The Morgan fingerprint density at radius 3 is 3.08 bits per heavy atom. The van der Waals surface area contributed by atoms with Gasteiger partial charge in [-0.15, -0.1) is 0 Å². The van der Waals surface area contributed by atoms with Gasteiger partial charge < -0.3 is 10.6 Å². The fourth-order valence-corrected chi connectivity index (χ4v) is 3.51. The van der Waals surface area contributed by atoms with Crippen LogP contribution in [0.2, 0.25) is 0 Å². The number of aryl methyl sites for hydroxylation is 1. The predicted molar refractivity (Wildman–Crippen MR) is 90.0 cm³/mol. The molecule has 0 radical (unpaired) electrons. The van der Waals surface area contributed by atoms with Crippen molar-refractivity contribution >= 4 is 17.4 Å². The first-order chi connectivity index (χ1) is 11.6. The predicted octanol–water partition coefficient (Wildman–Crippen LogP) is 2.39. The number of amides is 2. The standard InChI is InChI=1S/C17H20FN5O/c1-22-15-6-5-14(18)16(13(15)10-20-22)21-11-3-2-4-12(9-11)23-8-7-19-17(23)24/h2-4,9-10,14,16,21H,5-8H2,1H3,(H,19,24). The highest BCUT2D eigenvalue weighted by Gasteiger charge is 2.32. The molecule has 24 heavy (non-hydrogen) atoms. The molecular formula is C17H20FN5O. The lowest BCUT2D eigenvalue weighted by Gasteiger charge is -2.28. The van der Waals surface area contributed by atoms with Crippen molar-refractivity contribution in [2.75, 3.05) is 23.3 Å². The molecule has 2 N–H and O–H groups in total. The molecule has 2 atom stereocenters. The van der Waals surface area contributed by atoms with Gasteiger partial charge in [-0.1, -0.05) is 6.07 Å². The van der Waals surface area contributed by atoms with Gasteiger partial charge in [-0.3, -0.25) is 9.58 Å². The van der Waals surface area contributed by atoms with Crippen LogP contribution in [0.1, 0.15) is 23.7 Å². The summed E-state index contributed by atoms with van der Waals surface area (Å²) in [6.45, 7) is 1.29. The normalized spacial score (nSPS) is 23.1. The molecule has 2 amide bonds. The first-order valence-corrected chi connectivity index (χ1v) is 8.20. The second-order valence-electron chi connectivity index (χ2n) is 6.28. The summed E-state index contributed by atoms with van der Waals surface area (Å²) in [5, 5.41) is 10.3. The molecule has 2 aliphatic rings. The summed E-state index contributed by atoms with van der Waals surface area (Å²) in [6.07, 6.45) is 1.98. The number of halogens is 1. The molecule has 1 aliphatic carbocycles. The SMILES string of the molecule is Cn1ncc2c1CCC(F)C2Nc1cccc(N2CCNC2=O)c1. The monoisotopic (exact) mass is 329 g/mol. The van der Waals surface area contributed by atoms with E-state index in [4.69, 9.17) is 0 Å². The van der Waals surface area contributed by atoms with Crippen molar-refractivity contribution < 1.29 is 9.18 Å². The maximum atomic E-state index is 14.5. The van der Waals surface area contributed by atoms with Gasteiger partial charge in [-0.25, -0.2) is 9.18 Å². The fourth-order valence-electron chi connectivity index (χ4n) is 3.51. The van der Waals surface area contributed by atoms with Gasteiger partial charge >= 0.3 is 6.03 Å². The number of benzene rings is 1. The van der Waals surface area contributed by atoms with Crippen molar-refractivity contribution in [3.05, 3.63) is 41.7 Å². The average molecular weight is 329 g/mol. The van der Waals surface area contributed by atoms with E-state index < -0.39 is 12.2 Å². The Morgan fingerprint density at radius 1 is 1.42 bits per heavy atom. The van der Waals surface area contributed by atoms with Crippen molar-refractivity contribution in [2.24, 2.45) is 7.05 Å². The molecule has 1 aromatic heterocycles. The van der Waals surface area contributed by atoms with Crippen LogP contribution < -0.4 is 15.5 Å². The summed E-state index contributed by atoms with van der Waals surface area (Å²) in [6, 6.07) is 7.05. The summed E-state index contributed by atoms with van der Waals surface area (Å²) in [5.74, 6) is 0. The van der Waals surface area contributed by atoms with E-state index in [-0.39, 0.29) is 6.03 Å². The molecule has 0 spiro atoms. The largest absolute Gasteiger partial charge is 0.375 e. The van der Waals surface area contributed by atoms with Crippen LogP contribution in [0.15, 0.2) is 30.5 Å². The fraction of sp³-hybridized carbons (Fsp3) is 0.412. The second kappa shape index (κ2) is 5.81. The minimum Gasteiger partial charge on any atom is -0.375 e. The van der Waals surface area contributed by atoms with Crippen LogP contribution in [0.3, 0.4) is 0 Å². The number of carbonyl (C=O) groups excluding carboxylic acids is 1. The Morgan fingerprint density at radius 2 is 2.29 bits per heavy atom. The Balaban J connectivity index is 1.60. The van der Waals surface area contributed by atoms with Gasteiger partial charge in [0.25, 0.3) is 0 Å². The van der Waals surface area contributed by atoms with E-state index in [1.165, 1.54) is 0 Å². The molecule has 6 nitrogen and oxygen atoms in total. The van der Waals surface area contributed by atoms with Crippen molar-refractivity contribution in [1.29, 1.82) is 0 Å². The van der Waals surface area contributed by atoms with Crippen molar-refractivity contribution in [3.63, 3.8) is 0 Å². The minimum absolute atomic E-state index is 0.0947. The molecule has 7 heteroatoms. The van der Waals surface area contributed by atoms with Gasteiger partial charge in [-0.2, -0.15) is 5.10 Å². The number of anilines is 2. The van der Waals surface area contributed by atoms with Crippen molar-refractivity contribution in [1.82, 2.24) is 15.1 Å². The molecule has 2 unspecified atom stereocenters. The summed E-state index contributed by atoms with van der Waals surface area (Å²) >= 11 is 0. The molecule has 1 saturated heterocycles. The third-order valence-corrected chi connectivity index (χ3v) is 4.78. The van der Waals surface area contributed by atoms with Crippen LogP contribution in [0.4, 0.5) is 20.6 Å². The quantitative estimate of drug-likeness (QED) is 0.909. The van der Waals surface area contributed by atoms with Gasteiger partial charge in [0, 0.05) is 42.8 Å². The molecule has 1 fully saturated rings. The molecular weight excluding hydrogens is 309 g/mol. The Hall–Kier alpha value is -2.57. The summed E-state index contributed by atoms with van der Waals surface area (Å²) in [5.41, 5.74) is 3.61. The van der Waals surface area contributed by atoms with E-state index in [0.717, 1.165) is 22.6 Å². The number of nitrogens with zero attached hydrogens (tertiary/aromatic N) is 3. The smallest absolute Gasteiger partial charge is 0.321 e. The second-order valence-corrected chi connectivity index (χ2v) is 6.28. The van der Waals surface area contributed by atoms with E-state index in [1.807, 2.05) is 36.0 Å². The number of carbonyl (C=O) groups is 1. The molecule has 0 saturated carbocycles. The summed E-state index contributed by atoms with van der Waals surface area (Å²) in [7, 11) is 1.89. The first-order valence-electron chi connectivity index (χ1n) is 8.20. The lowest BCUT2D eigenvalue weighted by atomic mass is 9.91. The highest BCUT2D eigenvalue weighted by molar-refractivity contribution is 5.94. The third kappa shape index (κ3) is 2.50. The number of nitrogens with one attached hydrogen (secondary N) is 2. The minimum atomic E-state index is -0.958. The van der Waals surface area contributed by atoms with E-state index in [1.54, 1.807) is 11.1 Å². The van der Waals surface area contributed by atoms with Crippen LogP contribution in [-0.4, -0.2) is 35.1 Å².